The zero-order chi connectivity index (χ0) is 18.4. The van der Waals surface area contributed by atoms with E-state index in [4.69, 9.17) is 9.84 Å². The third-order valence-corrected chi connectivity index (χ3v) is 5.77. The van der Waals surface area contributed by atoms with E-state index in [2.05, 4.69) is 94.6 Å². The van der Waals surface area contributed by atoms with Crippen molar-refractivity contribution < 1.29 is 4.74 Å². The fourth-order valence-electron chi connectivity index (χ4n) is 3.80. The van der Waals surface area contributed by atoms with E-state index in [-0.39, 0.29) is 12.3 Å². The largest absolute Gasteiger partial charge is 0.464 e. The molecular formula is C23H19BrN2O. The van der Waals surface area contributed by atoms with Crippen LogP contribution in [0.2, 0.25) is 0 Å². The fourth-order valence-corrected chi connectivity index (χ4v) is 4.07. The first-order chi connectivity index (χ1) is 13.2. The Morgan fingerprint density at radius 3 is 2.48 bits per heavy atom. The van der Waals surface area contributed by atoms with Crippen molar-refractivity contribution in [2.24, 2.45) is 5.10 Å². The van der Waals surface area contributed by atoms with Crippen LogP contribution in [0.1, 0.15) is 40.9 Å². The van der Waals surface area contributed by atoms with Crippen molar-refractivity contribution in [2.75, 3.05) is 0 Å². The minimum absolute atomic E-state index is 0.194. The number of rotatable bonds is 2. The smallest absolute Gasteiger partial charge is 0.213 e. The van der Waals surface area contributed by atoms with Gasteiger partial charge in [0.05, 0.1) is 11.8 Å². The average molecular weight is 419 g/mol. The SMILES string of the molecule is Cc1ccc([C@@H]2Oc3ccccc3[C@H]3CC(c4ccc(Br)cc4)=NN32)cc1. The van der Waals surface area contributed by atoms with Gasteiger partial charge in [-0.05, 0) is 30.7 Å². The van der Waals surface area contributed by atoms with Gasteiger partial charge in [-0.25, -0.2) is 5.01 Å². The fraction of sp³-hybridized carbons (Fsp3) is 0.174. The quantitative estimate of drug-likeness (QED) is 0.509. The second kappa shape index (κ2) is 6.54. The van der Waals surface area contributed by atoms with Crippen LogP contribution in [0, 0.1) is 6.92 Å². The summed E-state index contributed by atoms with van der Waals surface area (Å²) in [5.74, 6) is 0.955. The number of aryl methyl sites for hydroxylation is 1. The van der Waals surface area contributed by atoms with Crippen LogP contribution in [-0.4, -0.2) is 10.7 Å². The van der Waals surface area contributed by atoms with Crippen molar-refractivity contribution in [2.45, 2.75) is 25.6 Å². The molecule has 0 fully saturated rings. The van der Waals surface area contributed by atoms with Crippen LogP contribution in [0.3, 0.4) is 0 Å². The van der Waals surface area contributed by atoms with Gasteiger partial charge in [-0.3, -0.25) is 0 Å². The molecule has 2 aliphatic heterocycles. The van der Waals surface area contributed by atoms with Gasteiger partial charge < -0.3 is 4.74 Å². The molecule has 3 aromatic rings. The number of hydrogen-bond acceptors (Lipinski definition) is 3. The van der Waals surface area contributed by atoms with E-state index in [1.807, 2.05) is 6.07 Å². The molecule has 3 nitrogen and oxygen atoms in total. The molecule has 0 spiro atoms. The molecule has 5 rings (SSSR count). The number of hydrogen-bond donors (Lipinski definition) is 0. The monoisotopic (exact) mass is 418 g/mol. The number of ether oxygens (including phenoxy) is 1. The number of hydrazone groups is 1. The summed E-state index contributed by atoms with van der Waals surface area (Å²) in [6.45, 7) is 2.10. The van der Waals surface area contributed by atoms with E-state index in [0.717, 1.165) is 33.5 Å². The van der Waals surface area contributed by atoms with E-state index in [1.165, 1.54) is 11.1 Å². The lowest BCUT2D eigenvalue weighted by Gasteiger charge is -2.38. The van der Waals surface area contributed by atoms with Gasteiger partial charge >= 0.3 is 0 Å². The number of nitrogens with zero attached hydrogens (tertiary/aromatic N) is 2. The standard InChI is InChI=1S/C23H19BrN2O/c1-15-6-8-17(9-7-15)23-26-21(19-4-2-3-5-22(19)27-23)14-20(25-26)16-10-12-18(24)13-11-16/h2-13,21,23H,14H2,1H3/t21-,23+/m1/s1. The van der Waals surface area contributed by atoms with Crippen LogP contribution in [0.25, 0.3) is 0 Å². The van der Waals surface area contributed by atoms with E-state index in [0.29, 0.717) is 0 Å². The van der Waals surface area contributed by atoms with Gasteiger partial charge in [-0.1, -0.05) is 76.1 Å². The Kier molecular flexibility index (Phi) is 4.01. The summed E-state index contributed by atoms with van der Waals surface area (Å²) < 4.78 is 7.46. The topological polar surface area (TPSA) is 24.8 Å². The van der Waals surface area contributed by atoms with Gasteiger partial charge in [-0.2, -0.15) is 5.10 Å². The predicted molar refractivity (Wildman–Crippen MR) is 111 cm³/mol. The zero-order valence-corrected chi connectivity index (χ0v) is 16.6. The molecule has 0 aromatic heterocycles. The minimum atomic E-state index is -0.210. The van der Waals surface area contributed by atoms with E-state index < -0.39 is 0 Å². The Hall–Kier alpha value is -2.59. The predicted octanol–water partition coefficient (Wildman–Crippen LogP) is 6.00. The van der Waals surface area contributed by atoms with Crippen LogP contribution >= 0.6 is 15.9 Å². The van der Waals surface area contributed by atoms with Crippen LogP contribution in [0.15, 0.2) is 82.4 Å². The maximum atomic E-state index is 6.39. The Bertz CT molecular complexity index is 1010. The van der Waals surface area contributed by atoms with Crippen LogP contribution < -0.4 is 4.74 Å². The van der Waals surface area contributed by atoms with Crippen molar-refractivity contribution in [1.29, 1.82) is 0 Å². The molecule has 2 atom stereocenters. The molecule has 0 bridgehead atoms. The maximum absolute atomic E-state index is 6.39. The third-order valence-electron chi connectivity index (χ3n) is 5.24. The Morgan fingerprint density at radius 1 is 0.963 bits per heavy atom. The first kappa shape index (κ1) is 16.6. The molecule has 134 valence electrons. The van der Waals surface area contributed by atoms with Crippen molar-refractivity contribution in [1.82, 2.24) is 5.01 Å². The molecule has 0 unspecified atom stereocenters. The lowest BCUT2D eigenvalue weighted by Crippen LogP contribution is -2.33. The average Bonchev–Trinajstić information content (AvgIpc) is 3.14. The first-order valence-corrected chi connectivity index (χ1v) is 9.92. The highest BCUT2D eigenvalue weighted by atomic mass is 79.9. The van der Waals surface area contributed by atoms with Crippen molar-refractivity contribution >= 4 is 21.6 Å². The molecular weight excluding hydrogens is 400 g/mol. The summed E-state index contributed by atoms with van der Waals surface area (Å²) in [4.78, 5) is 0. The number of fused-ring (bicyclic) bond motifs is 3. The summed E-state index contributed by atoms with van der Waals surface area (Å²) in [7, 11) is 0. The molecule has 4 heteroatoms. The molecule has 3 aromatic carbocycles. The Balaban J connectivity index is 1.58. The van der Waals surface area contributed by atoms with Crippen LogP contribution in [-0.2, 0) is 0 Å². The van der Waals surface area contributed by atoms with E-state index in [9.17, 15) is 0 Å². The highest BCUT2D eigenvalue weighted by molar-refractivity contribution is 9.10. The van der Waals surface area contributed by atoms with Crippen LogP contribution in [0.5, 0.6) is 5.75 Å². The molecule has 2 aliphatic rings. The molecule has 0 saturated heterocycles. The molecule has 0 radical (unpaired) electrons. The number of para-hydroxylation sites is 1. The summed E-state index contributed by atoms with van der Waals surface area (Å²) in [5.41, 5.74) is 5.84. The second-order valence-corrected chi connectivity index (χ2v) is 7.99. The lowest BCUT2D eigenvalue weighted by molar-refractivity contribution is -0.0190. The Labute approximate surface area is 167 Å². The highest BCUT2D eigenvalue weighted by Crippen LogP contribution is 2.47. The van der Waals surface area contributed by atoms with Gasteiger partial charge in [0.25, 0.3) is 0 Å². The van der Waals surface area contributed by atoms with Gasteiger partial charge in [0, 0.05) is 22.0 Å². The summed E-state index contributed by atoms with van der Waals surface area (Å²) in [6.07, 6.45) is 0.670. The molecule has 0 N–H and O–H groups in total. The van der Waals surface area contributed by atoms with Crippen molar-refractivity contribution in [3.05, 3.63) is 99.5 Å². The molecule has 0 saturated carbocycles. The van der Waals surface area contributed by atoms with Crippen molar-refractivity contribution in [3.63, 3.8) is 0 Å². The van der Waals surface area contributed by atoms with Gasteiger partial charge in [-0.15, -0.1) is 0 Å². The van der Waals surface area contributed by atoms with E-state index >= 15 is 0 Å². The second-order valence-electron chi connectivity index (χ2n) is 7.07. The van der Waals surface area contributed by atoms with Crippen molar-refractivity contribution in [3.8, 4) is 5.75 Å². The van der Waals surface area contributed by atoms with Gasteiger partial charge in [0.2, 0.25) is 6.23 Å². The molecule has 0 amide bonds. The van der Waals surface area contributed by atoms with Gasteiger partial charge in [0.1, 0.15) is 5.75 Å². The van der Waals surface area contributed by atoms with Crippen LogP contribution in [0.4, 0.5) is 0 Å². The first-order valence-electron chi connectivity index (χ1n) is 9.13. The van der Waals surface area contributed by atoms with Gasteiger partial charge in [0.15, 0.2) is 0 Å². The summed E-state index contributed by atoms with van der Waals surface area (Å²) >= 11 is 3.51. The summed E-state index contributed by atoms with van der Waals surface area (Å²) in [6, 6.07) is 25.4. The summed E-state index contributed by atoms with van der Waals surface area (Å²) in [5, 5.41) is 7.13. The minimum Gasteiger partial charge on any atom is -0.464 e. The molecule has 2 heterocycles. The zero-order valence-electron chi connectivity index (χ0n) is 15.0. The third kappa shape index (κ3) is 2.94. The Morgan fingerprint density at radius 2 is 1.70 bits per heavy atom. The van der Waals surface area contributed by atoms with E-state index in [1.54, 1.807) is 0 Å². The normalized spacial score (nSPS) is 20.5. The molecule has 27 heavy (non-hydrogen) atoms. The number of halogens is 1. The molecule has 0 aliphatic carbocycles. The number of benzene rings is 3. The maximum Gasteiger partial charge on any atom is 0.213 e. The highest BCUT2D eigenvalue weighted by Gasteiger charge is 2.40. The lowest BCUT2D eigenvalue weighted by atomic mass is 9.96.